The molecule has 0 aliphatic carbocycles. The van der Waals surface area contributed by atoms with Crippen LogP contribution in [0.5, 0.6) is 0 Å². The Labute approximate surface area is 126 Å². The van der Waals surface area contributed by atoms with Crippen LogP contribution >= 0.6 is 0 Å². The molecule has 1 aromatic rings. The highest BCUT2D eigenvalue weighted by atomic mass is 16.5. The van der Waals surface area contributed by atoms with Crippen LogP contribution in [0.4, 0.5) is 11.4 Å². The minimum absolute atomic E-state index is 0.861. The molecule has 0 unspecified atom stereocenters. The van der Waals surface area contributed by atoms with Gasteiger partial charge in [-0.3, -0.25) is 9.89 Å². The molecule has 1 fully saturated rings. The molecule has 2 heterocycles. The summed E-state index contributed by atoms with van der Waals surface area (Å²) in [4.78, 5) is 8.98. The van der Waals surface area contributed by atoms with Crippen molar-refractivity contribution in [2.75, 3.05) is 62.7 Å². The molecule has 114 valence electrons. The molecule has 0 spiro atoms. The van der Waals surface area contributed by atoms with Gasteiger partial charge in [0.05, 0.1) is 37.5 Å². The van der Waals surface area contributed by atoms with Gasteiger partial charge in [0, 0.05) is 32.7 Å². The van der Waals surface area contributed by atoms with Gasteiger partial charge in [-0.15, -0.1) is 0 Å². The maximum absolute atomic E-state index is 5.38. The Bertz CT molecular complexity index is 497. The minimum atomic E-state index is 0.861. The molecule has 1 saturated heterocycles. The Morgan fingerprint density at radius 3 is 2.86 bits per heavy atom. The second-order valence-corrected chi connectivity index (χ2v) is 5.62. The molecule has 0 atom stereocenters. The number of rotatable bonds is 5. The third-order valence-corrected chi connectivity index (χ3v) is 4.00. The fraction of sp³-hybridized carbons (Fsp3) is 0.562. The summed E-state index contributed by atoms with van der Waals surface area (Å²) in [6.45, 7) is 9.83. The quantitative estimate of drug-likeness (QED) is 0.893. The topological polar surface area (TPSA) is 40.1 Å². The number of nitrogens with zero attached hydrogens (tertiary/aromatic N) is 3. The minimum Gasteiger partial charge on any atom is -0.382 e. The molecule has 0 amide bonds. The number of ether oxygens (including phenoxy) is 1. The average molecular weight is 288 g/mol. The highest BCUT2D eigenvalue weighted by Gasteiger charge is 2.13. The molecule has 21 heavy (non-hydrogen) atoms. The van der Waals surface area contributed by atoms with Gasteiger partial charge in [-0.2, -0.15) is 0 Å². The molecule has 0 aromatic heterocycles. The van der Waals surface area contributed by atoms with Crippen LogP contribution in [0.2, 0.25) is 0 Å². The monoisotopic (exact) mass is 288 g/mol. The van der Waals surface area contributed by atoms with Crippen LogP contribution in [0.15, 0.2) is 23.2 Å². The second kappa shape index (κ2) is 6.91. The van der Waals surface area contributed by atoms with E-state index in [0.29, 0.717) is 0 Å². The van der Waals surface area contributed by atoms with Crippen molar-refractivity contribution in [3.8, 4) is 0 Å². The van der Waals surface area contributed by atoms with Crippen LogP contribution in [0.3, 0.4) is 0 Å². The standard InChI is InChI=1S/C16H24N4O/c1-14-2-3-16(20-7-4-17-13-20)15(12-14)18-5-6-19-8-10-21-11-9-19/h2-3,12-13,18H,4-11H2,1H3. The first-order valence-electron chi connectivity index (χ1n) is 7.74. The zero-order valence-corrected chi connectivity index (χ0v) is 12.7. The van der Waals surface area contributed by atoms with Crippen LogP contribution in [0.25, 0.3) is 0 Å². The van der Waals surface area contributed by atoms with Gasteiger partial charge >= 0.3 is 0 Å². The maximum Gasteiger partial charge on any atom is 0.0896 e. The number of benzene rings is 1. The number of hydrogen-bond donors (Lipinski definition) is 1. The fourth-order valence-corrected chi connectivity index (χ4v) is 2.78. The van der Waals surface area contributed by atoms with E-state index in [1.54, 1.807) is 0 Å². The molecule has 3 rings (SSSR count). The molecule has 2 aliphatic rings. The normalized spacial score (nSPS) is 19.2. The number of aryl methyl sites for hydroxylation is 1. The predicted molar refractivity (Wildman–Crippen MR) is 87.6 cm³/mol. The van der Waals surface area contributed by atoms with Crippen LogP contribution in [0, 0.1) is 6.92 Å². The van der Waals surface area contributed by atoms with Gasteiger partial charge in [0.2, 0.25) is 0 Å². The van der Waals surface area contributed by atoms with E-state index in [9.17, 15) is 0 Å². The first-order chi connectivity index (χ1) is 10.3. The first-order valence-corrected chi connectivity index (χ1v) is 7.74. The summed E-state index contributed by atoms with van der Waals surface area (Å²) in [6.07, 6.45) is 1.94. The zero-order valence-electron chi connectivity index (χ0n) is 12.7. The van der Waals surface area contributed by atoms with Gasteiger partial charge in [-0.1, -0.05) is 6.07 Å². The van der Waals surface area contributed by atoms with E-state index in [-0.39, 0.29) is 0 Å². The lowest BCUT2D eigenvalue weighted by Gasteiger charge is -2.27. The summed E-state index contributed by atoms with van der Waals surface area (Å²) in [5.41, 5.74) is 3.71. The van der Waals surface area contributed by atoms with Crippen molar-refractivity contribution < 1.29 is 4.74 Å². The number of aliphatic imine (C=N–C) groups is 1. The van der Waals surface area contributed by atoms with Gasteiger partial charge in [0.1, 0.15) is 0 Å². The molecule has 0 saturated carbocycles. The summed E-state index contributed by atoms with van der Waals surface area (Å²) in [6, 6.07) is 6.57. The number of hydrogen-bond acceptors (Lipinski definition) is 5. The van der Waals surface area contributed by atoms with Gasteiger partial charge in [0.25, 0.3) is 0 Å². The largest absolute Gasteiger partial charge is 0.382 e. The molecule has 5 nitrogen and oxygen atoms in total. The molecule has 2 aliphatic heterocycles. The molecule has 0 bridgehead atoms. The predicted octanol–water partition coefficient (Wildman–Crippen LogP) is 1.59. The summed E-state index contributed by atoms with van der Waals surface area (Å²) in [7, 11) is 0. The second-order valence-electron chi connectivity index (χ2n) is 5.62. The smallest absolute Gasteiger partial charge is 0.0896 e. The van der Waals surface area contributed by atoms with Crippen molar-refractivity contribution in [3.05, 3.63) is 23.8 Å². The van der Waals surface area contributed by atoms with Crippen LogP contribution < -0.4 is 10.2 Å². The third kappa shape index (κ3) is 3.74. The molecular weight excluding hydrogens is 264 g/mol. The van der Waals surface area contributed by atoms with E-state index in [4.69, 9.17) is 4.74 Å². The van der Waals surface area contributed by atoms with E-state index in [1.165, 1.54) is 16.9 Å². The molecule has 5 heteroatoms. The average Bonchev–Trinajstić information content (AvgIpc) is 3.03. The van der Waals surface area contributed by atoms with Crippen molar-refractivity contribution >= 4 is 17.7 Å². The van der Waals surface area contributed by atoms with Crippen molar-refractivity contribution in [3.63, 3.8) is 0 Å². The lowest BCUT2D eigenvalue weighted by Crippen LogP contribution is -2.39. The number of nitrogens with one attached hydrogen (secondary N) is 1. The Kier molecular flexibility index (Phi) is 4.72. The van der Waals surface area contributed by atoms with Gasteiger partial charge in [-0.05, 0) is 24.6 Å². The number of anilines is 2. The summed E-state index contributed by atoms with van der Waals surface area (Å²) >= 11 is 0. The van der Waals surface area contributed by atoms with Gasteiger partial charge < -0.3 is 15.0 Å². The van der Waals surface area contributed by atoms with E-state index in [2.05, 4.69) is 45.2 Å². The summed E-state index contributed by atoms with van der Waals surface area (Å²) in [5, 5.41) is 3.59. The first kappa shape index (κ1) is 14.4. The Hall–Kier alpha value is -1.59. The van der Waals surface area contributed by atoms with E-state index in [0.717, 1.165) is 52.5 Å². The molecule has 1 aromatic carbocycles. The van der Waals surface area contributed by atoms with E-state index < -0.39 is 0 Å². The zero-order chi connectivity index (χ0) is 14.5. The van der Waals surface area contributed by atoms with Crippen molar-refractivity contribution in [1.29, 1.82) is 0 Å². The summed E-state index contributed by atoms with van der Waals surface area (Å²) < 4.78 is 5.38. The van der Waals surface area contributed by atoms with E-state index in [1.807, 2.05) is 6.34 Å². The Balaban J connectivity index is 1.60. The van der Waals surface area contributed by atoms with Crippen LogP contribution in [-0.4, -0.2) is 63.7 Å². The lowest BCUT2D eigenvalue weighted by atomic mass is 10.1. The van der Waals surface area contributed by atoms with Gasteiger partial charge in [0.15, 0.2) is 0 Å². The lowest BCUT2D eigenvalue weighted by molar-refractivity contribution is 0.0398. The van der Waals surface area contributed by atoms with Crippen molar-refractivity contribution in [1.82, 2.24) is 4.90 Å². The fourth-order valence-electron chi connectivity index (χ4n) is 2.78. The molecule has 1 N–H and O–H groups in total. The molecule has 0 radical (unpaired) electrons. The Morgan fingerprint density at radius 2 is 2.10 bits per heavy atom. The van der Waals surface area contributed by atoms with Crippen molar-refractivity contribution in [2.45, 2.75) is 6.92 Å². The maximum atomic E-state index is 5.38. The number of morpholine rings is 1. The SMILES string of the molecule is Cc1ccc(N2C=NCC2)c(NCCN2CCOCC2)c1. The van der Waals surface area contributed by atoms with Crippen molar-refractivity contribution in [2.24, 2.45) is 4.99 Å². The highest BCUT2D eigenvalue weighted by Crippen LogP contribution is 2.27. The van der Waals surface area contributed by atoms with E-state index >= 15 is 0 Å². The summed E-state index contributed by atoms with van der Waals surface area (Å²) in [5.74, 6) is 0. The Morgan fingerprint density at radius 1 is 1.24 bits per heavy atom. The van der Waals surface area contributed by atoms with Crippen LogP contribution in [-0.2, 0) is 4.74 Å². The third-order valence-electron chi connectivity index (χ3n) is 4.00. The molecular formula is C16H24N4O. The highest BCUT2D eigenvalue weighted by molar-refractivity contribution is 5.87. The van der Waals surface area contributed by atoms with Gasteiger partial charge in [-0.25, -0.2) is 0 Å². The van der Waals surface area contributed by atoms with Crippen LogP contribution in [0.1, 0.15) is 5.56 Å².